The van der Waals surface area contributed by atoms with Crippen molar-refractivity contribution in [2.45, 2.75) is 6.04 Å². The summed E-state index contributed by atoms with van der Waals surface area (Å²) in [5.41, 5.74) is 1.05. The zero-order valence-corrected chi connectivity index (χ0v) is 7.81. The molecule has 3 nitrogen and oxygen atoms in total. The van der Waals surface area contributed by atoms with Crippen molar-refractivity contribution in [2.24, 2.45) is 16.8 Å². The maximum absolute atomic E-state index is 12.0. The molecule has 0 spiro atoms. The van der Waals surface area contributed by atoms with Gasteiger partial charge in [-0.1, -0.05) is 24.3 Å². The molecule has 1 N–H and O–H groups in total. The minimum Gasteiger partial charge on any atom is -0.310 e. The van der Waals surface area contributed by atoms with Crippen molar-refractivity contribution in [3.8, 4) is 0 Å². The number of nitrogens with zero attached hydrogens (tertiary/aromatic N) is 1. The summed E-state index contributed by atoms with van der Waals surface area (Å²) in [7, 11) is 0. The number of aliphatic imine (C=N–C) groups is 1. The minimum absolute atomic E-state index is 0.00588. The third-order valence-corrected chi connectivity index (χ3v) is 3.15. The summed E-state index contributed by atoms with van der Waals surface area (Å²) in [6.07, 6.45) is 7.92. The molecule has 1 saturated heterocycles. The Bertz CT molecular complexity index is 367. The molecule has 3 unspecified atom stereocenters. The number of rotatable bonds is 0. The van der Waals surface area contributed by atoms with Crippen molar-refractivity contribution < 1.29 is 4.79 Å². The van der Waals surface area contributed by atoms with E-state index in [-0.39, 0.29) is 17.9 Å². The fraction of sp³-hybridized carbons (Fsp3) is 0.455. The van der Waals surface area contributed by atoms with E-state index in [1.165, 1.54) is 0 Å². The Morgan fingerprint density at radius 2 is 2.21 bits per heavy atom. The van der Waals surface area contributed by atoms with Gasteiger partial charge in [0.25, 0.3) is 0 Å². The fourth-order valence-electron chi connectivity index (χ4n) is 2.39. The fourth-order valence-corrected chi connectivity index (χ4v) is 2.39. The topological polar surface area (TPSA) is 41.5 Å². The number of carbonyl (C=O) groups excluding carboxylic acids is 1. The summed E-state index contributed by atoms with van der Waals surface area (Å²) in [6, 6.07) is 0.0682. The number of hydrogen-bond donors (Lipinski definition) is 1. The van der Waals surface area contributed by atoms with Gasteiger partial charge in [-0.05, 0) is 0 Å². The second kappa shape index (κ2) is 2.89. The molecule has 2 heterocycles. The van der Waals surface area contributed by atoms with E-state index >= 15 is 0 Å². The number of fused-ring (bicyclic) bond motifs is 2. The van der Waals surface area contributed by atoms with Crippen molar-refractivity contribution in [1.29, 1.82) is 0 Å². The van der Waals surface area contributed by atoms with E-state index in [0.29, 0.717) is 5.78 Å². The number of hydrogen-bond acceptors (Lipinski definition) is 3. The van der Waals surface area contributed by atoms with Gasteiger partial charge in [-0.2, -0.15) is 0 Å². The van der Waals surface area contributed by atoms with Crippen molar-refractivity contribution in [3.05, 3.63) is 24.3 Å². The standard InChI is InChI=1S/C11H12N2O/c14-11-7-3-1-2-4-9(7)13-10-6-12-5-8(10)11/h1-4,7-9,12H,5-6H2. The van der Waals surface area contributed by atoms with Crippen LogP contribution in [-0.2, 0) is 4.79 Å². The first-order valence-electron chi connectivity index (χ1n) is 5.02. The van der Waals surface area contributed by atoms with E-state index in [1.807, 2.05) is 24.3 Å². The molecule has 1 aliphatic carbocycles. The Morgan fingerprint density at radius 1 is 1.36 bits per heavy atom. The molecule has 3 aliphatic rings. The Hall–Kier alpha value is -1.22. The van der Waals surface area contributed by atoms with Crippen LogP contribution in [0.3, 0.4) is 0 Å². The third-order valence-electron chi connectivity index (χ3n) is 3.15. The molecule has 2 aliphatic heterocycles. The molecule has 72 valence electrons. The SMILES string of the molecule is O=C1C2CNCC2=NC2C=CC=CC12. The van der Waals surface area contributed by atoms with Crippen LogP contribution in [0.5, 0.6) is 0 Å². The highest BCUT2D eigenvalue weighted by Gasteiger charge is 2.40. The van der Waals surface area contributed by atoms with Gasteiger partial charge < -0.3 is 5.32 Å². The first-order chi connectivity index (χ1) is 6.86. The Kier molecular flexibility index (Phi) is 1.67. The predicted molar refractivity (Wildman–Crippen MR) is 54.4 cm³/mol. The molecule has 0 radical (unpaired) electrons. The van der Waals surface area contributed by atoms with E-state index in [0.717, 1.165) is 18.8 Å². The molecular weight excluding hydrogens is 176 g/mol. The van der Waals surface area contributed by atoms with Gasteiger partial charge in [0.15, 0.2) is 5.78 Å². The number of ketones is 1. The van der Waals surface area contributed by atoms with Crippen molar-refractivity contribution in [3.63, 3.8) is 0 Å². The van der Waals surface area contributed by atoms with Crippen LogP contribution in [0, 0.1) is 11.8 Å². The highest BCUT2D eigenvalue weighted by atomic mass is 16.1. The summed E-state index contributed by atoms with van der Waals surface area (Å²) in [5, 5.41) is 3.20. The van der Waals surface area contributed by atoms with Crippen LogP contribution in [-0.4, -0.2) is 30.6 Å². The van der Waals surface area contributed by atoms with Gasteiger partial charge in [-0.25, -0.2) is 0 Å². The molecule has 0 aromatic carbocycles. The normalized spacial score (nSPS) is 39.3. The number of Topliss-reactive ketones (excluding diaryl/α,β-unsaturated/α-hetero) is 1. The van der Waals surface area contributed by atoms with Crippen LogP contribution in [0.15, 0.2) is 29.3 Å². The van der Waals surface area contributed by atoms with Crippen LogP contribution in [0.25, 0.3) is 0 Å². The lowest BCUT2D eigenvalue weighted by atomic mass is 9.81. The highest BCUT2D eigenvalue weighted by molar-refractivity contribution is 6.11. The summed E-state index contributed by atoms with van der Waals surface area (Å²) >= 11 is 0. The van der Waals surface area contributed by atoms with Gasteiger partial charge >= 0.3 is 0 Å². The van der Waals surface area contributed by atoms with Gasteiger partial charge in [0.05, 0.1) is 17.9 Å². The molecule has 3 rings (SSSR count). The Balaban J connectivity index is 2.03. The van der Waals surface area contributed by atoms with Gasteiger partial charge in [0, 0.05) is 18.8 Å². The third kappa shape index (κ3) is 1.02. The first kappa shape index (κ1) is 8.12. The summed E-state index contributed by atoms with van der Waals surface area (Å²) in [6.45, 7) is 1.57. The lowest BCUT2D eigenvalue weighted by Gasteiger charge is -2.28. The zero-order valence-electron chi connectivity index (χ0n) is 7.81. The Morgan fingerprint density at radius 3 is 3.14 bits per heavy atom. The average Bonchev–Trinajstić information content (AvgIpc) is 2.66. The van der Waals surface area contributed by atoms with E-state index < -0.39 is 0 Å². The summed E-state index contributed by atoms with van der Waals surface area (Å²) in [5.74, 6) is 0.381. The molecule has 3 heteroatoms. The van der Waals surface area contributed by atoms with E-state index in [2.05, 4.69) is 10.3 Å². The van der Waals surface area contributed by atoms with Gasteiger partial charge in [0.2, 0.25) is 0 Å². The van der Waals surface area contributed by atoms with Gasteiger partial charge in [-0.15, -0.1) is 0 Å². The second-order valence-electron chi connectivity index (χ2n) is 3.99. The molecule has 0 aromatic heterocycles. The van der Waals surface area contributed by atoms with Crippen LogP contribution < -0.4 is 5.32 Å². The largest absolute Gasteiger partial charge is 0.310 e. The predicted octanol–water partition coefficient (Wildman–Crippen LogP) is 0.340. The molecule has 1 fully saturated rings. The van der Waals surface area contributed by atoms with Crippen molar-refractivity contribution >= 4 is 11.5 Å². The van der Waals surface area contributed by atoms with Gasteiger partial charge in [0.1, 0.15) is 0 Å². The number of nitrogens with one attached hydrogen (secondary N) is 1. The van der Waals surface area contributed by atoms with Crippen molar-refractivity contribution in [2.75, 3.05) is 13.1 Å². The van der Waals surface area contributed by atoms with Gasteiger partial charge in [-0.3, -0.25) is 9.79 Å². The monoisotopic (exact) mass is 188 g/mol. The molecule has 0 aromatic rings. The maximum Gasteiger partial charge on any atom is 0.152 e. The quantitative estimate of drug-likeness (QED) is 0.595. The zero-order chi connectivity index (χ0) is 9.54. The number of allylic oxidation sites excluding steroid dienone is 2. The summed E-state index contributed by atoms with van der Waals surface area (Å²) in [4.78, 5) is 16.6. The average molecular weight is 188 g/mol. The van der Waals surface area contributed by atoms with Crippen molar-refractivity contribution in [1.82, 2.24) is 5.32 Å². The smallest absolute Gasteiger partial charge is 0.152 e. The molecular formula is C11H12N2O. The summed E-state index contributed by atoms with van der Waals surface area (Å²) < 4.78 is 0. The molecule has 0 saturated carbocycles. The van der Waals surface area contributed by atoms with Crippen LogP contribution in [0.4, 0.5) is 0 Å². The lowest BCUT2D eigenvalue weighted by molar-refractivity contribution is -0.123. The van der Waals surface area contributed by atoms with E-state index in [4.69, 9.17) is 0 Å². The number of carbonyl (C=O) groups is 1. The lowest BCUT2D eigenvalue weighted by Crippen LogP contribution is -2.39. The molecule has 0 bridgehead atoms. The molecule has 3 atom stereocenters. The Labute approximate surface area is 82.6 Å². The van der Waals surface area contributed by atoms with Crippen LogP contribution in [0.2, 0.25) is 0 Å². The maximum atomic E-state index is 12.0. The van der Waals surface area contributed by atoms with Crippen LogP contribution >= 0.6 is 0 Å². The van der Waals surface area contributed by atoms with E-state index in [9.17, 15) is 4.79 Å². The highest BCUT2D eigenvalue weighted by Crippen LogP contribution is 2.27. The minimum atomic E-state index is -0.00588. The van der Waals surface area contributed by atoms with Crippen LogP contribution in [0.1, 0.15) is 0 Å². The molecule has 0 amide bonds. The first-order valence-corrected chi connectivity index (χ1v) is 5.02. The second-order valence-corrected chi connectivity index (χ2v) is 3.99. The molecule has 14 heavy (non-hydrogen) atoms. The van der Waals surface area contributed by atoms with E-state index in [1.54, 1.807) is 0 Å².